The van der Waals surface area contributed by atoms with Gasteiger partial charge in [0.25, 0.3) is 5.91 Å². The molecule has 5 nitrogen and oxygen atoms in total. The Morgan fingerprint density at radius 3 is 2.42 bits per heavy atom. The van der Waals surface area contributed by atoms with Gasteiger partial charge in [-0.15, -0.1) is 0 Å². The summed E-state index contributed by atoms with van der Waals surface area (Å²) in [4.78, 5) is 21.3. The van der Waals surface area contributed by atoms with Gasteiger partial charge in [-0.25, -0.2) is 4.98 Å². The van der Waals surface area contributed by atoms with Gasteiger partial charge in [0.05, 0.1) is 5.56 Å². The lowest BCUT2D eigenvalue weighted by molar-refractivity contribution is 0.0950. The summed E-state index contributed by atoms with van der Waals surface area (Å²) < 4.78 is 0. The van der Waals surface area contributed by atoms with E-state index in [1.54, 1.807) is 6.20 Å². The number of benzene rings is 1. The number of nitrogens with zero attached hydrogens (tertiary/aromatic N) is 3. The minimum absolute atomic E-state index is 0.0145. The number of nitrogens with one attached hydrogen (secondary N) is 1. The van der Waals surface area contributed by atoms with Gasteiger partial charge in [-0.2, -0.15) is 0 Å². The minimum atomic E-state index is -0.0145. The van der Waals surface area contributed by atoms with E-state index in [2.05, 4.69) is 32.2 Å². The Kier molecular flexibility index (Phi) is 5.09. The van der Waals surface area contributed by atoms with Crippen LogP contribution in [0.5, 0.6) is 0 Å². The number of hydrogen-bond acceptors (Lipinski definition) is 4. The second kappa shape index (κ2) is 7.64. The van der Waals surface area contributed by atoms with Gasteiger partial charge in [0.2, 0.25) is 0 Å². The first kappa shape index (κ1) is 17.3. The number of anilines is 1. The van der Waals surface area contributed by atoms with Crippen molar-refractivity contribution in [1.29, 1.82) is 0 Å². The average Bonchev–Trinajstić information content (AvgIpc) is 3.48. The van der Waals surface area contributed by atoms with E-state index < -0.39 is 0 Å². The van der Waals surface area contributed by atoms with Crippen LogP contribution >= 0.6 is 11.6 Å². The SMILES string of the molecule is O=C(NC1CC1)c1ccc(N2CCN(Cc3ccc(Cl)cc3)CC2)nc1. The van der Waals surface area contributed by atoms with E-state index in [1.165, 1.54) is 5.56 Å². The molecule has 0 radical (unpaired) electrons. The van der Waals surface area contributed by atoms with Gasteiger partial charge >= 0.3 is 0 Å². The minimum Gasteiger partial charge on any atom is -0.354 e. The Hall–Kier alpha value is -2.11. The second-order valence-electron chi connectivity index (χ2n) is 7.04. The van der Waals surface area contributed by atoms with Crippen molar-refractivity contribution in [2.24, 2.45) is 0 Å². The number of amides is 1. The van der Waals surface area contributed by atoms with Gasteiger partial charge in [0.15, 0.2) is 0 Å². The van der Waals surface area contributed by atoms with E-state index >= 15 is 0 Å². The first-order chi connectivity index (χ1) is 12.7. The van der Waals surface area contributed by atoms with Crippen LogP contribution in [0.15, 0.2) is 42.6 Å². The number of aromatic nitrogens is 1. The number of pyridine rings is 1. The second-order valence-corrected chi connectivity index (χ2v) is 7.48. The molecule has 26 heavy (non-hydrogen) atoms. The van der Waals surface area contributed by atoms with Crippen molar-refractivity contribution in [3.8, 4) is 0 Å². The quantitative estimate of drug-likeness (QED) is 0.879. The molecule has 0 spiro atoms. The molecule has 2 heterocycles. The summed E-state index contributed by atoms with van der Waals surface area (Å²) in [6.07, 6.45) is 3.88. The monoisotopic (exact) mass is 370 g/mol. The smallest absolute Gasteiger partial charge is 0.253 e. The summed E-state index contributed by atoms with van der Waals surface area (Å²) in [5.74, 6) is 0.929. The van der Waals surface area contributed by atoms with Crippen LogP contribution in [0.25, 0.3) is 0 Å². The summed E-state index contributed by atoms with van der Waals surface area (Å²) in [6, 6.07) is 12.3. The number of rotatable bonds is 5. The number of piperazine rings is 1. The number of carbonyl (C=O) groups excluding carboxylic acids is 1. The fourth-order valence-electron chi connectivity index (χ4n) is 3.19. The Bertz CT molecular complexity index is 750. The summed E-state index contributed by atoms with van der Waals surface area (Å²) in [6.45, 7) is 4.81. The van der Waals surface area contributed by atoms with Crippen LogP contribution < -0.4 is 10.2 Å². The molecule has 1 saturated carbocycles. The number of halogens is 1. The van der Waals surface area contributed by atoms with Gasteiger partial charge in [-0.1, -0.05) is 23.7 Å². The van der Waals surface area contributed by atoms with E-state index in [0.717, 1.165) is 56.4 Å². The molecular weight excluding hydrogens is 348 g/mol. The lowest BCUT2D eigenvalue weighted by Gasteiger charge is -2.35. The van der Waals surface area contributed by atoms with E-state index in [9.17, 15) is 4.79 Å². The highest BCUT2D eigenvalue weighted by atomic mass is 35.5. The fourth-order valence-corrected chi connectivity index (χ4v) is 3.31. The first-order valence-electron chi connectivity index (χ1n) is 9.16. The van der Waals surface area contributed by atoms with Crippen LogP contribution in [0.2, 0.25) is 5.02 Å². The Labute approximate surface area is 159 Å². The lowest BCUT2D eigenvalue weighted by Crippen LogP contribution is -2.46. The van der Waals surface area contributed by atoms with Gasteiger partial charge in [-0.3, -0.25) is 9.69 Å². The zero-order valence-corrected chi connectivity index (χ0v) is 15.5. The molecule has 6 heteroatoms. The highest BCUT2D eigenvalue weighted by Gasteiger charge is 2.24. The number of carbonyl (C=O) groups is 1. The van der Waals surface area contributed by atoms with Crippen LogP contribution in [0.4, 0.5) is 5.82 Å². The predicted octanol–water partition coefficient (Wildman–Crippen LogP) is 2.95. The molecule has 4 rings (SSSR count). The van der Waals surface area contributed by atoms with Crippen LogP contribution in [0.1, 0.15) is 28.8 Å². The van der Waals surface area contributed by atoms with Crippen molar-refractivity contribution in [1.82, 2.24) is 15.2 Å². The van der Waals surface area contributed by atoms with Crippen LogP contribution in [-0.4, -0.2) is 48.0 Å². The van der Waals surface area contributed by atoms with E-state index in [-0.39, 0.29) is 5.91 Å². The van der Waals surface area contributed by atoms with Gasteiger partial charge in [-0.05, 0) is 42.7 Å². The zero-order chi connectivity index (χ0) is 17.9. The van der Waals surface area contributed by atoms with Gasteiger partial charge < -0.3 is 10.2 Å². The molecule has 1 saturated heterocycles. The summed E-state index contributed by atoms with van der Waals surface area (Å²) in [5, 5.41) is 3.77. The maximum Gasteiger partial charge on any atom is 0.253 e. The zero-order valence-electron chi connectivity index (χ0n) is 14.7. The highest BCUT2D eigenvalue weighted by Crippen LogP contribution is 2.20. The molecule has 1 amide bonds. The van der Waals surface area contributed by atoms with Gasteiger partial charge in [0.1, 0.15) is 5.82 Å². The van der Waals surface area contributed by atoms with Crippen LogP contribution in [0, 0.1) is 0 Å². The molecule has 1 aliphatic heterocycles. The molecule has 0 atom stereocenters. The molecule has 136 valence electrons. The van der Waals surface area contributed by atoms with Crippen molar-refractivity contribution in [2.45, 2.75) is 25.4 Å². The topological polar surface area (TPSA) is 48.5 Å². The normalized spacial score (nSPS) is 18.0. The summed E-state index contributed by atoms with van der Waals surface area (Å²) in [5.41, 5.74) is 1.93. The molecule has 2 fully saturated rings. The molecule has 2 aliphatic rings. The maximum atomic E-state index is 12.0. The van der Waals surface area contributed by atoms with Crippen molar-refractivity contribution in [3.05, 3.63) is 58.7 Å². The molecule has 1 aliphatic carbocycles. The molecule has 0 unspecified atom stereocenters. The summed E-state index contributed by atoms with van der Waals surface area (Å²) in [7, 11) is 0. The molecule has 1 aromatic heterocycles. The van der Waals surface area contributed by atoms with Crippen molar-refractivity contribution in [2.75, 3.05) is 31.1 Å². The largest absolute Gasteiger partial charge is 0.354 e. The van der Waals surface area contributed by atoms with Crippen molar-refractivity contribution >= 4 is 23.3 Å². The van der Waals surface area contributed by atoms with E-state index in [4.69, 9.17) is 11.6 Å². The van der Waals surface area contributed by atoms with E-state index in [1.807, 2.05) is 24.3 Å². The Morgan fingerprint density at radius 1 is 1.08 bits per heavy atom. The highest BCUT2D eigenvalue weighted by molar-refractivity contribution is 6.30. The predicted molar refractivity (Wildman–Crippen MR) is 104 cm³/mol. The number of hydrogen-bond donors (Lipinski definition) is 1. The van der Waals surface area contributed by atoms with Crippen molar-refractivity contribution in [3.63, 3.8) is 0 Å². The molecular formula is C20H23ClN4O. The van der Waals surface area contributed by atoms with Crippen molar-refractivity contribution < 1.29 is 4.79 Å². The Balaban J connectivity index is 1.29. The average molecular weight is 371 g/mol. The molecule has 0 bridgehead atoms. The molecule has 2 aromatic rings. The summed E-state index contributed by atoms with van der Waals surface area (Å²) >= 11 is 5.95. The fraction of sp³-hybridized carbons (Fsp3) is 0.400. The van der Waals surface area contributed by atoms with Gasteiger partial charge in [0, 0.05) is 50.0 Å². The third-order valence-corrected chi connectivity index (χ3v) is 5.19. The Morgan fingerprint density at radius 2 is 1.81 bits per heavy atom. The van der Waals surface area contributed by atoms with E-state index in [0.29, 0.717) is 11.6 Å². The third kappa shape index (κ3) is 4.34. The van der Waals surface area contributed by atoms with Crippen LogP contribution in [0.3, 0.4) is 0 Å². The van der Waals surface area contributed by atoms with Crippen LogP contribution in [-0.2, 0) is 6.54 Å². The maximum absolute atomic E-state index is 12.0. The first-order valence-corrected chi connectivity index (χ1v) is 9.54. The lowest BCUT2D eigenvalue weighted by atomic mass is 10.2. The molecule has 1 N–H and O–H groups in total. The third-order valence-electron chi connectivity index (χ3n) is 4.94. The standard InChI is InChI=1S/C20H23ClN4O/c21-17-4-1-15(2-5-17)14-24-9-11-25(12-10-24)19-8-3-16(13-22-19)20(26)23-18-6-7-18/h1-5,8,13,18H,6-7,9-12,14H2,(H,23,26). The molecule has 1 aromatic carbocycles.